The Morgan fingerprint density at radius 1 is 1.44 bits per heavy atom. The van der Waals surface area contributed by atoms with E-state index in [-0.39, 0.29) is 11.6 Å². The van der Waals surface area contributed by atoms with E-state index in [4.69, 9.17) is 0 Å². The fourth-order valence-electron chi connectivity index (χ4n) is 1.36. The highest BCUT2D eigenvalue weighted by atomic mass is 79.9. The van der Waals surface area contributed by atoms with Crippen molar-refractivity contribution in [1.82, 2.24) is 10.6 Å². The lowest BCUT2D eigenvalue weighted by atomic mass is 10.2. The number of non-ortho nitro benzene ring substituents is 1. The molecule has 7 heteroatoms. The van der Waals surface area contributed by atoms with E-state index in [1.165, 1.54) is 18.2 Å². The number of carbonyl (C=O) groups is 1. The van der Waals surface area contributed by atoms with Crippen molar-refractivity contribution in [2.75, 3.05) is 20.1 Å². The molecule has 0 saturated carbocycles. The summed E-state index contributed by atoms with van der Waals surface area (Å²) < 4.78 is 0.419. The molecule has 0 spiro atoms. The van der Waals surface area contributed by atoms with Crippen LogP contribution in [-0.2, 0) is 0 Å². The second-order valence-corrected chi connectivity index (χ2v) is 4.49. The van der Waals surface area contributed by atoms with Crippen LogP contribution in [0.4, 0.5) is 5.69 Å². The van der Waals surface area contributed by atoms with Gasteiger partial charge in [0, 0.05) is 23.2 Å². The number of nitro benzene ring substituents is 1. The summed E-state index contributed by atoms with van der Waals surface area (Å²) in [5.41, 5.74) is 0.346. The molecule has 2 N–H and O–H groups in total. The standard InChI is InChI=1S/C11H14BrN3O3/c1-13-5-2-6-14-11(16)9-4-3-8(15(17)18)7-10(9)12/h3-4,7,13H,2,5-6H2,1H3,(H,14,16). The van der Waals surface area contributed by atoms with Crippen molar-refractivity contribution in [1.29, 1.82) is 0 Å². The molecule has 0 fully saturated rings. The van der Waals surface area contributed by atoms with E-state index in [1.807, 2.05) is 7.05 Å². The van der Waals surface area contributed by atoms with Gasteiger partial charge in [-0.05, 0) is 42.0 Å². The number of rotatable bonds is 6. The van der Waals surface area contributed by atoms with Gasteiger partial charge in [0.1, 0.15) is 0 Å². The topological polar surface area (TPSA) is 84.3 Å². The lowest BCUT2D eigenvalue weighted by Crippen LogP contribution is -2.26. The summed E-state index contributed by atoms with van der Waals surface area (Å²) >= 11 is 3.16. The first-order valence-electron chi connectivity index (χ1n) is 5.43. The van der Waals surface area contributed by atoms with Gasteiger partial charge in [-0.2, -0.15) is 0 Å². The van der Waals surface area contributed by atoms with Gasteiger partial charge in [-0.1, -0.05) is 0 Å². The van der Waals surface area contributed by atoms with Gasteiger partial charge in [0.25, 0.3) is 11.6 Å². The van der Waals surface area contributed by atoms with Crippen molar-refractivity contribution < 1.29 is 9.72 Å². The highest BCUT2D eigenvalue weighted by Crippen LogP contribution is 2.22. The Hall–Kier alpha value is -1.47. The Morgan fingerprint density at radius 2 is 2.17 bits per heavy atom. The molecule has 0 saturated heterocycles. The maximum Gasteiger partial charge on any atom is 0.270 e. The zero-order chi connectivity index (χ0) is 13.5. The van der Waals surface area contributed by atoms with Crippen molar-refractivity contribution in [3.8, 4) is 0 Å². The van der Waals surface area contributed by atoms with E-state index >= 15 is 0 Å². The number of hydrogen-bond acceptors (Lipinski definition) is 4. The predicted octanol–water partition coefficient (Wildman–Crippen LogP) is 1.70. The Bertz CT molecular complexity index is 451. The Morgan fingerprint density at radius 3 is 2.72 bits per heavy atom. The molecule has 1 rings (SSSR count). The van der Waals surface area contributed by atoms with Crippen LogP contribution in [0.2, 0.25) is 0 Å². The molecule has 1 amide bonds. The fourth-order valence-corrected chi connectivity index (χ4v) is 1.91. The van der Waals surface area contributed by atoms with Gasteiger partial charge in [0.05, 0.1) is 10.5 Å². The van der Waals surface area contributed by atoms with Crippen LogP contribution in [0.5, 0.6) is 0 Å². The van der Waals surface area contributed by atoms with Crippen LogP contribution in [0.1, 0.15) is 16.8 Å². The van der Waals surface area contributed by atoms with Crippen LogP contribution in [0.25, 0.3) is 0 Å². The molecule has 18 heavy (non-hydrogen) atoms. The third kappa shape index (κ3) is 4.08. The number of nitrogens with zero attached hydrogens (tertiary/aromatic N) is 1. The highest BCUT2D eigenvalue weighted by Gasteiger charge is 2.13. The lowest BCUT2D eigenvalue weighted by Gasteiger charge is -2.06. The van der Waals surface area contributed by atoms with Crippen LogP contribution in [0.3, 0.4) is 0 Å². The first kappa shape index (κ1) is 14.6. The van der Waals surface area contributed by atoms with Crippen molar-refractivity contribution in [3.63, 3.8) is 0 Å². The molecule has 0 aromatic heterocycles. The van der Waals surface area contributed by atoms with Crippen molar-refractivity contribution >= 4 is 27.5 Å². The van der Waals surface area contributed by atoms with Gasteiger partial charge in [-0.3, -0.25) is 14.9 Å². The molecule has 6 nitrogen and oxygen atoms in total. The zero-order valence-electron chi connectivity index (χ0n) is 9.90. The SMILES string of the molecule is CNCCCNC(=O)c1ccc([N+](=O)[O-])cc1Br. The molecule has 1 aromatic carbocycles. The van der Waals surface area contributed by atoms with E-state index < -0.39 is 4.92 Å². The lowest BCUT2D eigenvalue weighted by molar-refractivity contribution is -0.384. The zero-order valence-corrected chi connectivity index (χ0v) is 11.5. The molecule has 1 aromatic rings. The summed E-state index contributed by atoms with van der Waals surface area (Å²) in [6.45, 7) is 1.38. The monoisotopic (exact) mass is 315 g/mol. The van der Waals surface area contributed by atoms with E-state index in [9.17, 15) is 14.9 Å². The van der Waals surface area contributed by atoms with Crippen LogP contribution in [-0.4, -0.2) is 31.0 Å². The summed E-state index contributed by atoms with van der Waals surface area (Å²) in [6, 6.07) is 4.07. The third-order valence-corrected chi connectivity index (χ3v) is 2.95. The van der Waals surface area contributed by atoms with Crippen molar-refractivity contribution in [2.24, 2.45) is 0 Å². The highest BCUT2D eigenvalue weighted by molar-refractivity contribution is 9.10. The summed E-state index contributed by atoms with van der Waals surface area (Å²) in [5, 5.41) is 16.3. The number of benzene rings is 1. The molecule has 0 radical (unpaired) electrons. The largest absolute Gasteiger partial charge is 0.352 e. The summed E-state index contributed by atoms with van der Waals surface area (Å²) in [7, 11) is 1.84. The number of hydrogen-bond donors (Lipinski definition) is 2. The van der Waals surface area contributed by atoms with E-state index in [0.29, 0.717) is 16.6 Å². The van der Waals surface area contributed by atoms with Crippen LogP contribution in [0.15, 0.2) is 22.7 Å². The number of nitro groups is 1. The minimum absolute atomic E-state index is 0.0476. The molecule has 0 aliphatic rings. The summed E-state index contributed by atoms with van der Waals surface area (Å²) in [6.07, 6.45) is 0.826. The Labute approximate surface area is 113 Å². The van der Waals surface area contributed by atoms with Gasteiger partial charge in [-0.25, -0.2) is 0 Å². The predicted molar refractivity (Wildman–Crippen MR) is 71.7 cm³/mol. The molecule has 0 bridgehead atoms. The smallest absolute Gasteiger partial charge is 0.270 e. The molecule has 0 atom stereocenters. The molecular weight excluding hydrogens is 302 g/mol. The summed E-state index contributed by atoms with van der Waals surface area (Å²) in [4.78, 5) is 21.8. The number of amides is 1. The first-order chi connectivity index (χ1) is 8.56. The molecule has 0 aliphatic carbocycles. The minimum atomic E-state index is -0.501. The van der Waals surface area contributed by atoms with E-state index in [0.717, 1.165) is 13.0 Å². The fraction of sp³-hybridized carbons (Fsp3) is 0.364. The first-order valence-corrected chi connectivity index (χ1v) is 6.22. The molecule has 98 valence electrons. The summed E-state index contributed by atoms with van der Waals surface area (Å²) in [5.74, 6) is -0.243. The maximum absolute atomic E-state index is 11.8. The average Bonchev–Trinajstić information content (AvgIpc) is 2.34. The van der Waals surface area contributed by atoms with Gasteiger partial charge in [-0.15, -0.1) is 0 Å². The molecular formula is C11H14BrN3O3. The van der Waals surface area contributed by atoms with Crippen LogP contribution < -0.4 is 10.6 Å². The van der Waals surface area contributed by atoms with Gasteiger partial charge >= 0.3 is 0 Å². The van der Waals surface area contributed by atoms with Gasteiger partial charge in [0.15, 0.2) is 0 Å². The third-order valence-electron chi connectivity index (χ3n) is 2.30. The van der Waals surface area contributed by atoms with Gasteiger partial charge < -0.3 is 10.6 Å². The van der Waals surface area contributed by atoms with Gasteiger partial charge in [0.2, 0.25) is 0 Å². The van der Waals surface area contributed by atoms with Crippen molar-refractivity contribution in [2.45, 2.75) is 6.42 Å². The molecule has 0 unspecified atom stereocenters. The number of halogens is 1. The normalized spacial score (nSPS) is 10.1. The number of nitrogens with one attached hydrogen (secondary N) is 2. The Kier molecular flexibility index (Phi) is 5.73. The second-order valence-electron chi connectivity index (χ2n) is 3.63. The quantitative estimate of drug-likeness (QED) is 0.475. The van der Waals surface area contributed by atoms with E-state index in [1.54, 1.807) is 0 Å². The molecule has 0 heterocycles. The van der Waals surface area contributed by atoms with Crippen molar-refractivity contribution in [3.05, 3.63) is 38.3 Å². The Balaban J connectivity index is 2.66. The average molecular weight is 316 g/mol. The van der Waals surface area contributed by atoms with E-state index in [2.05, 4.69) is 26.6 Å². The second kappa shape index (κ2) is 7.07. The maximum atomic E-state index is 11.8. The van der Waals surface area contributed by atoms with Crippen LogP contribution in [0, 0.1) is 10.1 Å². The van der Waals surface area contributed by atoms with Crippen LogP contribution >= 0.6 is 15.9 Å². The molecule has 0 aliphatic heterocycles. The number of carbonyl (C=O) groups excluding carboxylic acids is 1. The minimum Gasteiger partial charge on any atom is -0.352 e.